The van der Waals surface area contributed by atoms with Gasteiger partial charge in [-0.1, -0.05) is 36.4 Å². The molecular formula is C24H31N3O2. The Bertz CT molecular complexity index is 866. The summed E-state index contributed by atoms with van der Waals surface area (Å²) in [4.78, 5) is 28.0. The number of carbonyl (C=O) groups excluding carboxylic acids is 2. The number of hydrogen-bond acceptors (Lipinski definition) is 3. The zero-order chi connectivity index (χ0) is 20.1. The lowest BCUT2D eigenvalue weighted by Gasteiger charge is -2.26. The maximum Gasteiger partial charge on any atom is 0.222 e. The van der Waals surface area contributed by atoms with E-state index in [-0.39, 0.29) is 11.8 Å². The van der Waals surface area contributed by atoms with Gasteiger partial charge in [0.1, 0.15) is 0 Å². The molecule has 0 spiro atoms. The minimum Gasteiger partial charge on any atom is -0.343 e. The quantitative estimate of drug-likeness (QED) is 0.665. The summed E-state index contributed by atoms with van der Waals surface area (Å²) >= 11 is 0. The second-order valence-electron chi connectivity index (χ2n) is 8.26. The van der Waals surface area contributed by atoms with E-state index in [0.29, 0.717) is 18.9 Å². The van der Waals surface area contributed by atoms with Crippen molar-refractivity contribution in [2.24, 2.45) is 0 Å². The Morgan fingerprint density at radius 1 is 0.966 bits per heavy atom. The van der Waals surface area contributed by atoms with Crippen LogP contribution in [0.3, 0.4) is 0 Å². The van der Waals surface area contributed by atoms with E-state index < -0.39 is 0 Å². The molecular weight excluding hydrogens is 362 g/mol. The first-order valence-corrected chi connectivity index (χ1v) is 11.0. The van der Waals surface area contributed by atoms with Gasteiger partial charge in [0, 0.05) is 45.1 Å². The standard InChI is InChI=1S/C24H31N3O2/c28-23-7-3-14-26(23)15-4-16-27-22(10-11-24(27)29)12-13-25-18-19-8-9-20-5-1-2-6-21(20)17-19/h1-2,5-6,8-9,17,22,25H,3-4,7,10-16,18H2/t22-/m1/s1. The third-order valence-electron chi connectivity index (χ3n) is 6.25. The van der Waals surface area contributed by atoms with E-state index in [0.717, 1.165) is 58.4 Å². The fourth-order valence-electron chi connectivity index (χ4n) is 4.62. The van der Waals surface area contributed by atoms with Gasteiger partial charge in [0.25, 0.3) is 0 Å². The van der Waals surface area contributed by atoms with Crippen molar-refractivity contribution in [1.82, 2.24) is 15.1 Å². The Morgan fingerprint density at radius 2 is 1.83 bits per heavy atom. The van der Waals surface area contributed by atoms with Crippen molar-refractivity contribution in [3.8, 4) is 0 Å². The minimum absolute atomic E-state index is 0.271. The van der Waals surface area contributed by atoms with E-state index in [9.17, 15) is 9.59 Å². The van der Waals surface area contributed by atoms with E-state index in [1.807, 2.05) is 4.90 Å². The molecule has 0 radical (unpaired) electrons. The van der Waals surface area contributed by atoms with Crippen molar-refractivity contribution >= 4 is 22.6 Å². The fourth-order valence-corrected chi connectivity index (χ4v) is 4.62. The Balaban J connectivity index is 1.20. The number of hydrogen-bond donors (Lipinski definition) is 1. The molecule has 29 heavy (non-hydrogen) atoms. The molecule has 0 aliphatic carbocycles. The van der Waals surface area contributed by atoms with Crippen LogP contribution in [0.25, 0.3) is 10.8 Å². The van der Waals surface area contributed by atoms with Crippen molar-refractivity contribution in [3.05, 3.63) is 48.0 Å². The van der Waals surface area contributed by atoms with Crippen LogP contribution < -0.4 is 5.32 Å². The van der Waals surface area contributed by atoms with Crippen LogP contribution in [0.4, 0.5) is 0 Å². The number of amides is 2. The highest BCUT2D eigenvalue weighted by Gasteiger charge is 2.30. The number of likely N-dealkylation sites (tertiary alicyclic amines) is 2. The lowest BCUT2D eigenvalue weighted by Crippen LogP contribution is -2.37. The topological polar surface area (TPSA) is 52.7 Å². The number of nitrogens with zero attached hydrogens (tertiary/aromatic N) is 2. The molecule has 0 aromatic heterocycles. The first-order chi connectivity index (χ1) is 14.2. The van der Waals surface area contributed by atoms with Gasteiger partial charge in [-0.3, -0.25) is 9.59 Å². The van der Waals surface area contributed by atoms with Crippen molar-refractivity contribution in [3.63, 3.8) is 0 Å². The average molecular weight is 394 g/mol. The number of fused-ring (bicyclic) bond motifs is 1. The SMILES string of the molecule is O=C1CCCN1CCCN1C(=O)CC[C@@H]1CCNCc1ccc2ccccc2c1. The molecule has 2 amide bonds. The fraction of sp³-hybridized carbons (Fsp3) is 0.500. The first-order valence-electron chi connectivity index (χ1n) is 11.0. The van der Waals surface area contributed by atoms with E-state index >= 15 is 0 Å². The summed E-state index contributed by atoms with van der Waals surface area (Å²) in [7, 11) is 0. The smallest absolute Gasteiger partial charge is 0.222 e. The van der Waals surface area contributed by atoms with Crippen LogP contribution in [0.15, 0.2) is 42.5 Å². The highest BCUT2D eigenvalue weighted by Crippen LogP contribution is 2.22. The predicted octanol–water partition coefficient (Wildman–Crippen LogP) is 3.32. The highest BCUT2D eigenvalue weighted by atomic mass is 16.2. The molecule has 2 fully saturated rings. The summed E-state index contributed by atoms with van der Waals surface area (Å²) in [5.41, 5.74) is 1.29. The van der Waals surface area contributed by atoms with Gasteiger partial charge in [-0.05, 0) is 54.6 Å². The third-order valence-corrected chi connectivity index (χ3v) is 6.25. The molecule has 2 aliphatic rings. The molecule has 4 rings (SSSR count). The zero-order valence-electron chi connectivity index (χ0n) is 17.1. The molecule has 0 saturated carbocycles. The number of rotatable bonds is 9. The summed E-state index contributed by atoms with van der Waals surface area (Å²) < 4.78 is 0. The largest absolute Gasteiger partial charge is 0.343 e. The van der Waals surface area contributed by atoms with E-state index in [2.05, 4.69) is 52.7 Å². The Hall–Kier alpha value is -2.40. The Morgan fingerprint density at radius 3 is 2.66 bits per heavy atom. The molecule has 2 aromatic carbocycles. The third kappa shape index (κ3) is 4.96. The second-order valence-corrected chi connectivity index (χ2v) is 8.26. The van der Waals surface area contributed by atoms with Crippen LogP contribution >= 0.6 is 0 Å². The van der Waals surface area contributed by atoms with Crippen LogP contribution in [0.2, 0.25) is 0 Å². The molecule has 2 saturated heterocycles. The summed E-state index contributed by atoms with van der Waals surface area (Å²) in [5.74, 6) is 0.546. The van der Waals surface area contributed by atoms with E-state index in [1.165, 1.54) is 16.3 Å². The molecule has 1 atom stereocenters. The van der Waals surface area contributed by atoms with Gasteiger partial charge in [0.2, 0.25) is 11.8 Å². The van der Waals surface area contributed by atoms with Crippen molar-refractivity contribution in [2.45, 2.75) is 51.1 Å². The van der Waals surface area contributed by atoms with E-state index in [4.69, 9.17) is 0 Å². The monoisotopic (exact) mass is 393 g/mol. The van der Waals surface area contributed by atoms with Crippen molar-refractivity contribution in [1.29, 1.82) is 0 Å². The van der Waals surface area contributed by atoms with Gasteiger partial charge in [-0.25, -0.2) is 0 Å². The summed E-state index contributed by atoms with van der Waals surface area (Å²) in [5, 5.41) is 6.09. The van der Waals surface area contributed by atoms with Crippen molar-refractivity contribution in [2.75, 3.05) is 26.2 Å². The Kier molecular flexibility index (Phi) is 6.45. The maximum atomic E-state index is 12.3. The van der Waals surface area contributed by atoms with Crippen LogP contribution in [0.5, 0.6) is 0 Å². The molecule has 2 aliphatic heterocycles. The maximum absolute atomic E-state index is 12.3. The van der Waals surface area contributed by atoms with Gasteiger partial charge >= 0.3 is 0 Å². The van der Waals surface area contributed by atoms with E-state index in [1.54, 1.807) is 0 Å². The van der Waals surface area contributed by atoms with Crippen LogP contribution in [0.1, 0.15) is 44.1 Å². The van der Waals surface area contributed by atoms with Gasteiger partial charge in [0.15, 0.2) is 0 Å². The lowest BCUT2D eigenvalue weighted by molar-refractivity contribution is -0.129. The Labute approximate surface area is 173 Å². The second kappa shape index (κ2) is 9.40. The van der Waals surface area contributed by atoms with Gasteiger partial charge in [-0.15, -0.1) is 0 Å². The van der Waals surface area contributed by atoms with Crippen LogP contribution in [-0.2, 0) is 16.1 Å². The molecule has 0 bridgehead atoms. The van der Waals surface area contributed by atoms with Gasteiger partial charge in [0.05, 0.1) is 0 Å². The highest BCUT2D eigenvalue weighted by molar-refractivity contribution is 5.83. The molecule has 5 heteroatoms. The van der Waals surface area contributed by atoms with Gasteiger partial charge in [-0.2, -0.15) is 0 Å². The lowest BCUT2D eigenvalue weighted by atomic mass is 10.1. The van der Waals surface area contributed by atoms with Crippen LogP contribution in [0, 0.1) is 0 Å². The average Bonchev–Trinajstić information content (AvgIpc) is 3.31. The number of carbonyl (C=O) groups is 2. The zero-order valence-corrected chi connectivity index (χ0v) is 17.1. The normalized spacial score (nSPS) is 19.7. The van der Waals surface area contributed by atoms with Crippen LogP contribution in [-0.4, -0.2) is 53.8 Å². The number of nitrogens with one attached hydrogen (secondary N) is 1. The summed E-state index contributed by atoms with van der Waals surface area (Å²) in [6.07, 6.45) is 5.17. The first kappa shape index (κ1) is 19.9. The molecule has 2 heterocycles. The predicted molar refractivity (Wildman–Crippen MR) is 115 cm³/mol. The molecule has 5 nitrogen and oxygen atoms in total. The summed E-state index contributed by atoms with van der Waals surface area (Å²) in [6, 6.07) is 15.4. The minimum atomic E-state index is 0.271. The molecule has 1 N–H and O–H groups in total. The van der Waals surface area contributed by atoms with Crippen molar-refractivity contribution < 1.29 is 9.59 Å². The number of benzene rings is 2. The molecule has 2 aromatic rings. The molecule has 154 valence electrons. The summed E-state index contributed by atoms with van der Waals surface area (Å²) in [6.45, 7) is 4.21. The van der Waals surface area contributed by atoms with Gasteiger partial charge < -0.3 is 15.1 Å². The molecule has 0 unspecified atom stereocenters.